The fraction of sp³-hybridized carbons (Fsp3) is 0.179. The second-order valence-corrected chi connectivity index (χ2v) is 9.76. The Hall–Kier alpha value is -3.39. The molecule has 182 valence electrons. The number of thioether (sulfide) groups is 1. The molecule has 1 heterocycles. The quantitative estimate of drug-likeness (QED) is 0.164. The zero-order valence-corrected chi connectivity index (χ0v) is 21.3. The monoisotopic (exact) mass is 515 g/mol. The molecule has 0 fully saturated rings. The molecule has 0 aliphatic heterocycles. The predicted octanol–water partition coefficient (Wildman–Crippen LogP) is 6.32. The molecule has 5 rings (SSSR count). The SMILES string of the molecule is Clc1ccc(COc2ccc3ccccc3c2CNCCCSc2nnnn2-c2ccccc2)cc1. The normalized spacial score (nSPS) is 11.1. The number of ether oxygens (including phenoxy) is 1. The number of benzene rings is 4. The van der Waals surface area contributed by atoms with Crippen molar-refractivity contribution < 1.29 is 4.74 Å². The Morgan fingerprint density at radius 3 is 2.56 bits per heavy atom. The van der Waals surface area contributed by atoms with E-state index in [1.165, 1.54) is 16.3 Å². The number of rotatable bonds is 11. The van der Waals surface area contributed by atoms with Crippen molar-refractivity contribution in [1.29, 1.82) is 0 Å². The minimum atomic E-state index is 0.495. The Balaban J connectivity index is 1.18. The fourth-order valence-electron chi connectivity index (χ4n) is 3.95. The number of fused-ring (bicyclic) bond motifs is 1. The van der Waals surface area contributed by atoms with Crippen LogP contribution in [-0.4, -0.2) is 32.5 Å². The standard InChI is InChI=1S/C28H26ClN5OS/c29-23-14-11-21(12-15-23)20-35-27-16-13-22-7-4-5-10-25(22)26(27)19-30-17-6-18-36-28-31-32-33-34(28)24-8-2-1-3-9-24/h1-5,7-16,30H,6,17-20H2. The lowest BCUT2D eigenvalue weighted by Crippen LogP contribution is -2.16. The van der Waals surface area contributed by atoms with Gasteiger partial charge >= 0.3 is 0 Å². The van der Waals surface area contributed by atoms with Crippen LogP contribution in [0.2, 0.25) is 5.02 Å². The van der Waals surface area contributed by atoms with Crippen LogP contribution in [0.3, 0.4) is 0 Å². The first-order valence-corrected chi connectivity index (χ1v) is 13.2. The first-order valence-electron chi connectivity index (χ1n) is 11.8. The first kappa shape index (κ1) is 24.3. The third-order valence-electron chi connectivity index (χ3n) is 5.78. The minimum Gasteiger partial charge on any atom is -0.489 e. The molecule has 1 aromatic heterocycles. The Labute approximate surface area is 219 Å². The van der Waals surface area contributed by atoms with Gasteiger partial charge in [-0.3, -0.25) is 0 Å². The van der Waals surface area contributed by atoms with Gasteiger partial charge in [0, 0.05) is 22.9 Å². The third-order valence-corrected chi connectivity index (χ3v) is 7.04. The molecule has 0 spiro atoms. The summed E-state index contributed by atoms with van der Waals surface area (Å²) < 4.78 is 8.02. The molecule has 36 heavy (non-hydrogen) atoms. The smallest absolute Gasteiger partial charge is 0.214 e. The number of tetrazole rings is 1. The summed E-state index contributed by atoms with van der Waals surface area (Å²) in [5.41, 5.74) is 3.22. The van der Waals surface area contributed by atoms with Crippen LogP contribution in [0, 0.1) is 0 Å². The van der Waals surface area contributed by atoms with E-state index in [9.17, 15) is 0 Å². The molecule has 0 atom stereocenters. The van der Waals surface area contributed by atoms with Gasteiger partial charge in [-0.1, -0.05) is 84.0 Å². The number of aromatic nitrogens is 4. The summed E-state index contributed by atoms with van der Waals surface area (Å²) >= 11 is 7.68. The van der Waals surface area contributed by atoms with E-state index in [-0.39, 0.29) is 0 Å². The number of hydrogen-bond donors (Lipinski definition) is 1. The van der Waals surface area contributed by atoms with E-state index in [2.05, 4.69) is 57.2 Å². The first-order chi connectivity index (χ1) is 17.8. The van der Waals surface area contributed by atoms with E-state index in [1.807, 2.05) is 54.6 Å². The summed E-state index contributed by atoms with van der Waals surface area (Å²) in [5, 5.41) is 19.7. The Kier molecular flexibility index (Phi) is 8.13. The molecule has 6 nitrogen and oxygen atoms in total. The van der Waals surface area contributed by atoms with Crippen molar-refractivity contribution in [1.82, 2.24) is 25.5 Å². The molecule has 8 heteroatoms. The summed E-state index contributed by atoms with van der Waals surface area (Å²) in [4.78, 5) is 0. The summed E-state index contributed by atoms with van der Waals surface area (Å²) in [5.74, 6) is 1.81. The Morgan fingerprint density at radius 2 is 1.69 bits per heavy atom. The third kappa shape index (κ3) is 6.05. The zero-order valence-electron chi connectivity index (χ0n) is 19.7. The van der Waals surface area contributed by atoms with E-state index in [0.29, 0.717) is 6.61 Å². The highest BCUT2D eigenvalue weighted by molar-refractivity contribution is 7.99. The molecular weight excluding hydrogens is 490 g/mol. The molecule has 0 amide bonds. The molecule has 0 bridgehead atoms. The number of hydrogen-bond acceptors (Lipinski definition) is 6. The van der Waals surface area contributed by atoms with Crippen molar-refractivity contribution in [2.75, 3.05) is 12.3 Å². The van der Waals surface area contributed by atoms with E-state index in [0.717, 1.165) is 52.4 Å². The lowest BCUT2D eigenvalue weighted by molar-refractivity contribution is 0.303. The highest BCUT2D eigenvalue weighted by atomic mass is 35.5. The largest absolute Gasteiger partial charge is 0.489 e. The minimum absolute atomic E-state index is 0.495. The van der Waals surface area contributed by atoms with Crippen LogP contribution in [0.5, 0.6) is 5.75 Å². The van der Waals surface area contributed by atoms with Gasteiger partial charge in [-0.15, -0.1) is 5.10 Å². The van der Waals surface area contributed by atoms with Gasteiger partial charge in [-0.05, 0) is 70.1 Å². The molecular formula is C28H26ClN5OS. The topological polar surface area (TPSA) is 64.9 Å². The van der Waals surface area contributed by atoms with Crippen LogP contribution in [0.25, 0.3) is 16.5 Å². The zero-order chi connectivity index (χ0) is 24.6. The number of nitrogens with one attached hydrogen (secondary N) is 1. The highest BCUT2D eigenvalue weighted by Crippen LogP contribution is 2.29. The van der Waals surface area contributed by atoms with Crippen molar-refractivity contribution in [2.24, 2.45) is 0 Å². The molecule has 0 aliphatic carbocycles. The lowest BCUT2D eigenvalue weighted by atomic mass is 10.0. The van der Waals surface area contributed by atoms with E-state index in [4.69, 9.17) is 16.3 Å². The van der Waals surface area contributed by atoms with Crippen molar-refractivity contribution in [3.8, 4) is 11.4 Å². The molecule has 0 saturated carbocycles. The van der Waals surface area contributed by atoms with Crippen LogP contribution in [-0.2, 0) is 13.2 Å². The predicted molar refractivity (Wildman–Crippen MR) is 146 cm³/mol. The second kappa shape index (κ2) is 12.0. The molecule has 0 radical (unpaired) electrons. The maximum atomic E-state index is 6.24. The number of nitrogens with zero attached hydrogens (tertiary/aromatic N) is 4. The number of halogens is 1. The summed E-state index contributed by atoms with van der Waals surface area (Å²) in [6.45, 7) is 2.10. The molecule has 0 unspecified atom stereocenters. The van der Waals surface area contributed by atoms with E-state index in [1.54, 1.807) is 16.4 Å². The molecule has 0 aliphatic rings. The average molecular weight is 516 g/mol. The van der Waals surface area contributed by atoms with Crippen LogP contribution in [0.1, 0.15) is 17.5 Å². The van der Waals surface area contributed by atoms with Gasteiger partial charge in [0.1, 0.15) is 12.4 Å². The van der Waals surface area contributed by atoms with Gasteiger partial charge in [0.25, 0.3) is 0 Å². The van der Waals surface area contributed by atoms with Gasteiger partial charge in [-0.25, -0.2) is 0 Å². The maximum absolute atomic E-state index is 6.24. The van der Waals surface area contributed by atoms with Crippen molar-refractivity contribution >= 4 is 34.1 Å². The van der Waals surface area contributed by atoms with E-state index < -0.39 is 0 Å². The maximum Gasteiger partial charge on any atom is 0.214 e. The van der Waals surface area contributed by atoms with E-state index >= 15 is 0 Å². The van der Waals surface area contributed by atoms with Crippen LogP contribution in [0.4, 0.5) is 0 Å². The Morgan fingerprint density at radius 1 is 0.889 bits per heavy atom. The molecule has 0 saturated heterocycles. The second-order valence-electron chi connectivity index (χ2n) is 8.27. The van der Waals surface area contributed by atoms with Crippen molar-refractivity contribution in [3.05, 3.63) is 107 Å². The van der Waals surface area contributed by atoms with Crippen molar-refractivity contribution in [2.45, 2.75) is 24.7 Å². The summed E-state index contributed by atoms with van der Waals surface area (Å²) in [6, 6.07) is 30.3. The molecule has 5 aromatic rings. The van der Waals surface area contributed by atoms with Crippen LogP contribution in [0.15, 0.2) is 96.2 Å². The van der Waals surface area contributed by atoms with Crippen LogP contribution >= 0.6 is 23.4 Å². The Bertz CT molecular complexity index is 1410. The van der Waals surface area contributed by atoms with Gasteiger partial charge in [0.05, 0.1) is 5.69 Å². The van der Waals surface area contributed by atoms with Gasteiger partial charge in [-0.2, -0.15) is 4.68 Å². The van der Waals surface area contributed by atoms with Gasteiger partial charge in [0.15, 0.2) is 0 Å². The van der Waals surface area contributed by atoms with Crippen LogP contribution < -0.4 is 10.1 Å². The fourth-order valence-corrected chi connectivity index (χ4v) is 4.91. The summed E-state index contributed by atoms with van der Waals surface area (Å²) in [7, 11) is 0. The molecule has 1 N–H and O–H groups in total. The van der Waals surface area contributed by atoms with Gasteiger partial charge in [0.2, 0.25) is 5.16 Å². The summed E-state index contributed by atoms with van der Waals surface area (Å²) in [6.07, 6.45) is 0.984. The number of para-hydroxylation sites is 1. The molecule has 4 aromatic carbocycles. The average Bonchev–Trinajstić information content (AvgIpc) is 3.40. The lowest BCUT2D eigenvalue weighted by Gasteiger charge is -2.15. The van der Waals surface area contributed by atoms with Gasteiger partial charge < -0.3 is 10.1 Å². The highest BCUT2D eigenvalue weighted by Gasteiger charge is 2.11. The van der Waals surface area contributed by atoms with Crippen molar-refractivity contribution in [3.63, 3.8) is 0 Å².